The van der Waals surface area contributed by atoms with Crippen molar-refractivity contribution in [1.82, 2.24) is 4.90 Å². The highest BCUT2D eigenvalue weighted by atomic mass is 35.5. The van der Waals surface area contributed by atoms with E-state index in [1.165, 1.54) is 0 Å². The third-order valence-corrected chi connectivity index (χ3v) is 4.06. The number of rotatable bonds is 2. The Labute approximate surface area is 136 Å². The maximum atomic E-state index is 12.2. The summed E-state index contributed by atoms with van der Waals surface area (Å²) in [7, 11) is 0. The molecular weight excluding hydrogens is 325 g/mol. The molecule has 0 saturated carbocycles. The van der Waals surface area contributed by atoms with Gasteiger partial charge in [-0.3, -0.25) is 4.79 Å². The van der Waals surface area contributed by atoms with Crippen LogP contribution >= 0.6 is 23.2 Å². The van der Waals surface area contributed by atoms with E-state index in [9.17, 15) is 14.7 Å². The second-order valence-corrected chi connectivity index (χ2v) is 5.96. The smallest absolute Gasteiger partial charge is 0.414 e. The lowest BCUT2D eigenvalue weighted by atomic mass is 10.0. The number of amides is 2. The number of fused-ring (bicyclic) bond motifs is 3. The van der Waals surface area contributed by atoms with Crippen LogP contribution in [0.2, 0.25) is 0 Å². The molecule has 2 aromatic carbocycles. The van der Waals surface area contributed by atoms with Crippen LogP contribution in [0, 0.1) is 0 Å². The van der Waals surface area contributed by atoms with Gasteiger partial charge in [0.05, 0.1) is 6.04 Å². The molecule has 0 atom stereocenters. The van der Waals surface area contributed by atoms with Gasteiger partial charge in [-0.1, -0.05) is 71.7 Å². The van der Waals surface area contributed by atoms with Crippen LogP contribution in [-0.4, -0.2) is 26.8 Å². The number of carboxylic acid groups (broad SMARTS) is 1. The Morgan fingerprint density at radius 2 is 1.41 bits per heavy atom. The Balaban J connectivity index is 2.21. The number of nitrogens with zero attached hydrogens (tertiary/aromatic N) is 1. The van der Waals surface area contributed by atoms with Crippen molar-refractivity contribution in [2.75, 3.05) is 0 Å². The summed E-state index contributed by atoms with van der Waals surface area (Å²) in [6.45, 7) is 0. The first-order valence-corrected chi connectivity index (χ1v) is 7.42. The van der Waals surface area contributed by atoms with Crippen molar-refractivity contribution < 1.29 is 14.7 Å². The lowest BCUT2D eigenvalue weighted by molar-refractivity contribution is -0.128. The molecule has 22 heavy (non-hydrogen) atoms. The van der Waals surface area contributed by atoms with E-state index in [0.29, 0.717) is 4.90 Å². The van der Waals surface area contributed by atoms with Crippen molar-refractivity contribution in [1.29, 1.82) is 0 Å². The summed E-state index contributed by atoms with van der Waals surface area (Å²) in [6, 6.07) is 14.0. The normalized spacial score (nSPS) is 12.9. The summed E-state index contributed by atoms with van der Waals surface area (Å²) < 4.78 is 0. The van der Waals surface area contributed by atoms with Crippen LogP contribution in [0.4, 0.5) is 4.79 Å². The fourth-order valence-corrected chi connectivity index (χ4v) is 3.05. The summed E-state index contributed by atoms with van der Waals surface area (Å²) in [5.74, 6) is -0.854. The Morgan fingerprint density at radius 3 is 1.82 bits per heavy atom. The number of hydrogen-bond donors (Lipinski definition) is 1. The molecule has 112 valence electrons. The largest absolute Gasteiger partial charge is 0.465 e. The van der Waals surface area contributed by atoms with Gasteiger partial charge in [0.2, 0.25) is 0 Å². The maximum Gasteiger partial charge on any atom is 0.414 e. The zero-order valence-corrected chi connectivity index (χ0v) is 12.8. The van der Waals surface area contributed by atoms with Crippen molar-refractivity contribution in [3.63, 3.8) is 0 Å². The second-order valence-electron chi connectivity index (χ2n) is 4.87. The summed E-state index contributed by atoms with van der Waals surface area (Å²) >= 11 is 11.2. The Hall–Kier alpha value is -2.04. The number of benzene rings is 2. The average Bonchev–Trinajstić information content (AvgIpc) is 2.82. The quantitative estimate of drug-likeness (QED) is 0.841. The molecule has 3 rings (SSSR count). The minimum absolute atomic E-state index is 0.704. The molecule has 0 spiro atoms. The lowest BCUT2D eigenvalue weighted by Gasteiger charge is -2.26. The lowest BCUT2D eigenvalue weighted by Crippen LogP contribution is -2.41. The molecule has 0 unspecified atom stereocenters. The van der Waals surface area contributed by atoms with Crippen LogP contribution in [0.3, 0.4) is 0 Å². The number of halogens is 2. The molecule has 0 bridgehead atoms. The van der Waals surface area contributed by atoms with Gasteiger partial charge in [-0.15, -0.1) is 0 Å². The predicted molar refractivity (Wildman–Crippen MR) is 84.1 cm³/mol. The summed E-state index contributed by atoms with van der Waals surface area (Å²) in [4.78, 5) is 23.1. The van der Waals surface area contributed by atoms with Crippen molar-refractivity contribution in [2.24, 2.45) is 0 Å². The van der Waals surface area contributed by atoms with Crippen molar-refractivity contribution in [3.8, 4) is 11.1 Å². The van der Waals surface area contributed by atoms with Gasteiger partial charge in [0.15, 0.2) is 4.84 Å². The Morgan fingerprint density at radius 1 is 0.955 bits per heavy atom. The van der Waals surface area contributed by atoms with Crippen molar-refractivity contribution >= 4 is 35.2 Å². The first-order valence-electron chi connectivity index (χ1n) is 6.54. The average molecular weight is 336 g/mol. The SMILES string of the molecule is O=C(O)N(C(=O)C(Cl)Cl)C1c2ccccc2-c2ccccc21. The number of imide groups is 1. The molecule has 6 heteroatoms. The molecule has 0 aromatic heterocycles. The molecule has 4 nitrogen and oxygen atoms in total. The first-order chi connectivity index (χ1) is 10.5. The highest BCUT2D eigenvalue weighted by Crippen LogP contribution is 2.46. The molecule has 1 aliphatic carbocycles. The maximum absolute atomic E-state index is 12.2. The van der Waals surface area contributed by atoms with Gasteiger partial charge in [-0.25, -0.2) is 9.69 Å². The molecule has 0 heterocycles. The van der Waals surface area contributed by atoms with Crippen molar-refractivity contribution in [3.05, 3.63) is 59.7 Å². The van der Waals surface area contributed by atoms with E-state index in [-0.39, 0.29) is 0 Å². The summed E-state index contributed by atoms with van der Waals surface area (Å²) in [5.41, 5.74) is 3.30. The number of hydrogen-bond acceptors (Lipinski definition) is 2. The Bertz CT molecular complexity index is 715. The van der Waals surface area contributed by atoms with Gasteiger partial charge in [-0.05, 0) is 22.3 Å². The van der Waals surface area contributed by atoms with Crippen LogP contribution in [0.25, 0.3) is 11.1 Å². The second kappa shape index (κ2) is 5.63. The van der Waals surface area contributed by atoms with Crippen LogP contribution in [0.15, 0.2) is 48.5 Å². The number of alkyl halides is 2. The molecule has 2 amide bonds. The standard InChI is InChI=1S/C16H11Cl2NO3/c17-14(18)15(20)19(16(21)22)13-11-7-3-1-5-9(11)10-6-2-4-8-12(10)13/h1-8,13-14H,(H,21,22). The van der Waals surface area contributed by atoms with E-state index >= 15 is 0 Å². The molecule has 2 aromatic rings. The van der Waals surface area contributed by atoms with Crippen LogP contribution < -0.4 is 0 Å². The zero-order valence-electron chi connectivity index (χ0n) is 11.2. The number of carbonyl (C=O) groups excluding carboxylic acids is 1. The summed E-state index contributed by atoms with van der Waals surface area (Å²) in [6.07, 6.45) is -1.38. The molecule has 0 aliphatic heterocycles. The highest BCUT2D eigenvalue weighted by Gasteiger charge is 2.40. The van der Waals surface area contributed by atoms with E-state index in [1.807, 2.05) is 24.3 Å². The highest BCUT2D eigenvalue weighted by molar-refractivity contribution is 6.53. The minimum atomic E-state index is -1.43. The van der Waals surface area contributed by atoms with E-state index in [1.54, 1.807) is 24.3 Å². The van der Waals surface area contributed by atoms with E-state index in [2.05, 4.69) is 0 Å². The van der Waals surface area contributed by atoms with Crippen LogP contribution in [0.5, 0.6) is 0 Å². The first kappa shape index (κ1) is 14.9. The fraction of sp³-hybridized carbons (Fsp3) is 0.125. The van der Waals surface area contributed by atoms with Crippen LogP contribution in [-0.2, 0) is 4.79 Å². The molecule has 0 radical (unpaired) electrons. The van der Waals surface area contributed by atoms with Gasteiger partial charge in [0.1, 0.15) is 0 Å². The summed E-state index contributed by atoms with van der Waals surface area (Å²) in [5, 5.41) is 9.49. The van der Waals surface area contributed by atoms with E-state index in [0.717, 1.165) is 22.3 Å². The molecular formula is C16H11Cl2NO3. The van der Waals surface area contributed by atoms with Gasteiger partial charge < -0.3 is 5.11 Å². The van der Waals surface area contributed by atoms with Gasteiger partial charge in [0.25, 0.3) is 5.91 Å². The van der Waals surface area contributed by atoms with Crippen molar-refractivity contribution in [2.45, 2.75) is 10.9 Å². The molecule has 0 saturated heterocycles. The van der Waals surface area contributed by atoms with E-state index < -0.39 is 22.9 Å². The van der Waals surface area contributed by atoms with Gasteiger partial charge in [0, 0.05) is 0 Å². The Kier molecular flexibility index (Phi) is 3.81. The van der Waals surface area contributed by atoms with Crippen LogP contribution in [0.1, 0.15) is 17.2 Å². The van der Waals surface area contributed by atoms with Gasteiger partial charge >= 0.3 is 6.09 Å². The van der Waals surface area contributed by atoms with E-state index in [4.69, 9.17) is 23.2 Å². The molecule has 1 aliphatic rings. The minimum Gasteiger partial charge on any atom is -0.465 e. The zero-order chi connectivity index (χ0) is 15.9. The third kappa shape index (κ3) is 2.25. The predicted octanol–water partition coefficient (Wildman–Crippen LogP) is 4.07. The molecule has 0 fully saturated rings. The number of carbonyl (C=O) groups is 2. The molecule has 1 N–H and O–H groups in total. The topological polar surface area (TPSA) is 57.6 Å². The fourth-order valence-electron chi connectivity index (χ4n) is 2.84. The third-order valence-electron chi connectivity index (χ3n) is 3.69. The van der Waals surface area contributed by atoms with Gasteiger partial charge in [-0.2, -0.15) is 0 Å². The monoisotopic (exact) mass is 335 g/mol.